The molecule has 4 rings (SSSR count). The number of nitro groups is 1. The van der Waals surface area contributed by atoms with E-state index in [4.69, 9.17) is 52.7 Å². The van der Waals surface area contributed by atoms with Gasteiger partial charge in [0, 0.05) is 65.0 Å². The third-order valence-electron chi connectivity index (χ3n) is 22.7. The number of likely N-dealkylation sites (tertiary alicyclic amines) is 2. The minimum atomic E-state index is -4.71. The Morgan fingerprint density at radius 3 is 1.53 bits per heavy atom. The Kier molecular flexibility index (Phi) is 65.2. The first-order valence-corrected chi connectivity index (χ1v) is 50.6. The first-order chi connectivity index (χ1) is 64.4. The summed E-state index contributed by atoms with van der Waals surface area (Å²) in [4.78, 5) is 177. The van der Waals surface area contributed by atoms with Crippen molar-refractivity contribution in [2.75, 3.05) is 112 Å². The number of nitrogens with two attached hydrogens (primary N) is 1. The molecule has 2 aromatic rings. The van der Waals surface area contributed by atoms with Gasteiger partial charge < -0.3 is 90.2 Å². The molecule has 0 aliphatic carbocycles. The number of guanidine groups is 1. The number of nitrogens with zero attached hydrogens (tertiary/aromatic N) is 4. The van der Waals surface area contributed by atoms with E-state index in [-0.39, 0.29) is 175 Å². The van der Waals surface area contributed by atoms with Crippen LogP contribution in [0.5, 0.6) is 0 Å². The van der Waals surface area contributed by atoms with Crippen molar-refractivity contribution in [1.82, 2.24) is 47.1 Å². The molecule has 0 spiro atoms. The Hall–Kier alpha value is -8.81. The van der Waals surface area contributed by atoms with E-state index in [1.165, 1.54) is 125 Å². The second-order valence-electron chi connectivity index (χ2n) is 34.0. The summed E-state index contributed by atoms with van der Waals surface area (Å²) >= 11 is 0. The zero-order chi connectivity index (χ0) is 96.6. The maximum absolute atomic E-state index is 14.9. The largest absolute Gasteiger partial charge is 0.472 e. The van der Waals surface area contributed by atoms with Crippen molar-refractivity contribution in [3.8, 4) is 0 Å². The molecule has 2 aliphatic heterocycles. The van der Waals surface area contributed by atoms with Crippen LogP contribution in [0.1, 0.15) is 302 Å². The number of hydrogen-bond acceptors (Lipinski definition) is 25. The number of unbranched alkanes of at least 4 members (excludes halogenated alkanes) is 26. The van der Waals surface area contributed by atoms with Gasteiger partial charge in [-0.2, -0.15) is 0 Å². The third kappa shape index (κ3) is 57.0. The molecule has 0 radical (unpaired) electrons. The van der Waals surface area contributed by atoms with Crippen LogP contribution in [0, 0.1) is 10.1 Å². The summed E-state index contributed by atoms with van der Waals surface area (Å²) in [6.07, 6.45) is 32.5. The summed E-state index contributed by atoms with van der Waals surface area (Å²) in [5, 5.41) is 26.3. The molecule has 2 heterocycles. The molecule has 8 amide bonds. The average molecular weight is 1900 g/mol. The zero-order valence-corrected chi connectivity index (χ0v) is 80.7. The monoisotopic (exact) mass is 1900 g/mol. The number of benzene rings is 2. The maximum atomic E-state index is 14.9. The van der Waals surface area contributed by atoms with E-state index in [1.807, 2.05) is 43.3 Å². The fourth-order valence-electron chi connectivity index (χ4n) is 15.3. The van der Waals surface area contributed by atoms with Crippen molar-refractivity contribution in [2.24, 2.45) is 10.7 Å². The van der Waals surface area contributed by atoms with E-state index in [1.54, 1.807) is 36.6 Å². The molecule has 0 aromatic heterocycles. The number of nitrogens with one attached hydrogen (secondary N) is 7. The fraction of sp³-hybridized carbons (Fsp3) is 0.747. The first kappa shape index (κ1) is 117. The van der Waals surface area contributed by atoms with E-state index in [0.717, 1.165) is 56.9 Å². The Labute approximate surface area is 787 Å². The van der Waals surface area contributed by atoms with E-state index < -0.39 is 140 Å². The second-order valence-corrected chi connectivity index (χ2v) is 35.5. The third-order valence-corrected chi connectivity index (χ3v) is 23.7. The molecule has 37 nitrogen and oxygen atoms in total. The summed E-state index contributed by atoms with van der Waals surface area (Å²) in [5.41, 5.74) is 8.84. The van der Waals surface area contributed by atoms with Crippen molar-refractivity contribution >= 4 is 78.9 Å². The Balaban J connectivity index is 1.11. The molecular weight excluding hydrogens is 1740 g/mol. The number of phosphoric ester groups is 1. The first-order valence-electron chi connectivity index (χ1n) is 49.1. The molecule has 38 heteroatoms. The van der Waals surface area contributed by atoms with Crippen molar-refractivity contribution < 1.29 is 114 Å². The normalized spacial score (nSPS) is 15.3. The van der Waals surface area contributed by atoms with Crippen LogP contribution < -0.4 is 43.1 Å². The molecule has 0 saturated carbocycles. The van der Waals surface area contributed by atoms with Crippen LogP contribution in [0.3, 0.4) is 0 Å². The number of hydrazine groups is 1. The van der Waals surface area contributed by atoms with Gasteiger partial charge >= 0.3 is 25.7 Å². The van der Waals surface area contributed by atoms with Crippen molar-refractivity contribution in [2.45, 2.75) is 347 Å². The van der Waals surface area contributed by atoms with Gasteiger partial charge in [0.05, 0.1) is 65.6 Å². The lowest BCUT2D eigenvalue weighted by Gasteiger charge is -2.34. The number of carbonyl (C=O) groups excluding carboxylic acids is 11. The molecule has 754 valence electrons. The Bertz CT molecular complexity index is 3670. The van der Waals surface area contributed by atoms with Crippen LogP contribution >= 0.6 is 7.82 Å². The van der Waals surface area contributed by atoms with Gasteiger partial charge in [-0.15, -0.1) is 0 Å². The highest BCUT2D eigenvalue weighted by Gasteiger charge is 2.45. The van der Waals surface area contributed by atoms with E-state index in [9.17, 15) is 72.3 Å². The molecule has 8 unspecified atom stereocenters. The van der Waals surface area contributed by atoms with Gasteiger partial charge in [0.2, 0.25) is 47.3 Å². The predicted octanol–water partition coefficient (Wildman–Crippen LogP) is 11.4. The number of ether oxygens (including phenoxy) is 8. The number of rotatable bonds is 81. The van der Waals surface area contributed by atoms with E-state index in [2.05, 4.69) is 50.7 Å². The van der Waals surface area contributed by atoms with Crippen molar-refractivity contribution in [3.63, 3.8) is 0 Å². The lowest BCUT2D eigenvalue weighted by atomic mass is 10.0. The second kappa shape index (κ2) is 74.4. The molecule has 2 fully saturated rings. The highest BCUT2D eigenvalue weighted by Crippen LogP contribution is 2.43. The Morgan fingerprint density at radius 1 is 0.504 bits per heavy atom. The summed E-state index contributed by atoms with van der Waals surface area (Å²) in [6.45, 7) is 6.97. The fourth-order valence-corrected chi connectivity index (χ4v) is 16.0. The molecule has 133 heavy (non-hydrogen) atoms. The standard InChI is InChI=1S/C95H159N12O25P/c1-5-8-11-13-15-17-19-21-23-25-27-29-38-54-87(112)128-71-78(132-88(113)55-39-30-28-26-24-22-20-18-16-14-12-9-6-2)72-131-133(121,122)130-64-59-98-84(109)53-40-52-83(108)97-57-62-123-65-67-125-73-85(110)99-58-63-124-66-68-126-74-86(111)103-89(75(4)127-69-76-44-34-31-35-45-76)91(115)101-79(48-33-10-7-3)92(116)106-61-43-51-82(106)93(117)105-60-42-50-81(105)90(114)102-80(49-41-56-100-95(96)104-107(119)120)94(118)129-70-77-46-36-32-37-47-77/h31-32,34-37,44-47,75,78-82,89H,5-30,33,38-43,48-74H2,1-4H3,(H,97,108)(H,98,109)(H,99,110)(H,101,115)(H,102,114)(H,103,111)(H,121,122)(H3,96,100,104). The molecule has 0 bridgehead atoms. The van der Waals surface area contributed by atoms with Gasteiger partial charge in [0.15, 0.2) is 11.1 Å². The van der Waals surface area contributed by atoms with Crippen LogP contribution in [-0.2, 0) is 117 Å². The van der Waals surface area contributed by atoms with Gasteiger partial charge in [-0.3, -0.25) is 57.0 Å². The smallest absolute Gasteiger partial charge is 0.462 e. The van der Waals surface area contributed by atoms with Crippen molar-refractivity contribution in [1.29, 1.82) is 0 Å². The number of hydrogen-bond donors (Lipinski definition) is 9. The maximum Gasteiger partial charge on any atom is 0.472 e. The number of aliphatic imine (C=N–C) groups is 1. The van der Waals surface area contributed by atoms with E-state index >= 15 is 0 Å². The SMILES string of the molecule is CCCCCCCCCCCCCCCC(=O)OCC(COP(=O)(O)OCCNC(=O)CCCC(=O)NCCOCCOCC(=O)NCCOCCOCC(=O)NC(C(=O)NC(CCCCC)C(=O)N1CCCC1C(=O)N1CCCC1C(=O)NC(CCCN=C(N)N[N+](=O)[O-])C(=O)OCc1ccccc1)C(C)OCc1ccccc1)OC(=O)CCCCCCCCCCCCCCC. The minimum absolute atomic E-state index is 0.0130. The number of esters is 3. The van der Waals surface area contributed by atoms with Crippen LogP contribution in [0.4, 0.5) is 0 Å². The number of amides is 8. The lowest BCUT2D eigenvalue weighted by Crippen LogP contribution is -2.60. The van der Waals surface area contributed by atoms with E-state index in [0.29, 0.717) is 37.7 Å². The molecule has 2 aromatic carbocycles. The molecular formula is C95H159N12O25P. The minimum Gasteiger partial charge on any atom is -0.462 e. The summed E-state index contributed by atoms with van der Waals surface area (Å²) in [7, 11) is -4.71. The van der Waals surface area contributed by atoms with Gasteiger partial charge in [0.1, 0.15) is 56.6 Å². The van der Waals surface area contributed by atoms with Gasteiger partial charge in [-0.1, -0.05) is 260 Å². The average Bonchev–Trinajstić information content (AvgIpc) is 1.66. The summed E-state index contributed by atoms with van der Waals surface area (Å²) < 4.78 is 68.1. The topological polar surface area (TPSA) is 490 Å². The van der Waals surface area contributed by atoms with Gasteiger partial charge in [0.25, 0.3) is 5.96 Å². The quantitative estimate of drug-likeness (QED) is 0.00434. The zero-order valence-electron chi connectivity index (χ0n) is 79.8. The number of phosphoric acid groups is 1. The molecule has 2 saturated heterocycles. The molecule has 2 aliphatic rings. The predicted molar refractivity (Wildman–Crippen MR) is 502 cm³/mol. The van der Waals surface area contributed by atoms with Gasteiger partial charge in [-0.25, -0.2) is 24.5 Å². The summed E-state index contributed by atoms with van der Waals surface area (Å²) in [5.74, 6) is -6.31. The van der Waals surface area contributed by atoms with Crippen LogP contribution in [0.25, 0.3) is 0 Å². The number of carbonyl (C=O) groups is 11. The van der Waals surface area contributed by atoms with Crippen LogP contribution in [0.2, 0.25) is 0 Å². The highest BCUT2D eigenvalue weighted by atomic mass is 31.2. The van der Waals surface area contributed by atoms with Crippen LogP contribution in [0.15, 0.2) is 65.7 Å². The van der Waals surface area contributed by atoms with Crippen LogP contribution in [-0.4, -0.2) is 245 Å². The Morgan fingerprint density at radius 2 is 0.977 bits per heavy atom. The van der Waals surface area contributed by atoms with Crippen molar-refractivity contribution in [3.05, 3.63) is 81.9 Å². The van der Waals surface area contributed by atoms with Gasteiger partial charge in [-0.05, 0) is 82.3 Å². The summed E-state index contributed by atoms with van der Waals surface area (Å²) in [6, 6.07) is 12.5. The molecule has 8 atom stereocenters. The lowest BCUT2D eigenvalue weighted by molar-refractivity contribution is -0.525. The molecule has 10 N–H and O–H groups in total. The highest BCUT2D eigenvalue weighted by molar-refractivity contribution is 7.47.